The van der Waals surface area contributed by atoms with E-state index in [-0.39, 0.29) is 6.10 Å². The summed E-state index contributed by atoms with van der Waals surface area (Å²) in [6.07, 6.45) is 3.97. The highest BCUT2D eigenvalue weighted by molar-refractivity contribution is 5.59. The van der Waals surface area contributed by atoms with E-state index in [1.165, 1.54) is 5.56 Å². The van der Waals surface area contributed by atoms with E-state index in [0.29, 0.717) is 19.8 Å². The number of hydrogen-bond acceptors (Lipinski definition) is 5. The monoisotopic (exact) mass is 313 g/mol. The minimum absolute atomic E-state index is 0.154. The first-order valence-electron chi connectivity index (χ1n) is 7.97. The van der Waals surface area contributed by atoms with Crippen molar-refractivity contribution in [1.82, 2.24) is 14.9 Å². The van der Waals surface area contributed by atoms with Gasteiger partial charge in [0.05, 0.1) is 25.9 Å². The molecule has 23 heavy (non-hydrogen) atoms. The van der Waals surface area contributed by atoms with Crippen molar-refractivity contribution in [2.24, 2.45) is 0 Å². The number of ether oxygens (including phenoxy) is 2. The first-order valence-corrected chi connectivity index (χ1v) is 7.97. The molecule has 5 nitrogen and oxygen atoms in total. The molecule has 2 heterocycles. The molecule has 1 aromatic heterocycles. The van der Waals surface area contributed by atoms with Crippen LogP contribution in [0.3, 0.4) is 0 Å². The third kappa shape index (κ3) is 4.34. The SMILES string of the molecule is Cc1ccccc1-c1ncc(CN(C)C[C@@H]2COCCO2)cn1. The van der Waals surface area contributed by atoms with Gasteiger partial charge in [-0.15, -0.1) is 0 Å². The van der Waals surface area contributed by atoms with Crippen LogP contribution in [0.15, 0.2) is 36.7 Å². The standard InChI is InChI=1S/C18H23N3O2/c1-14-5-3-4-6-17(14)18-19-9-15(10-20-18)11-21(2)12-16-13-22-7-8-23-16/h3-6,9-10,16H,7-8,11-13H2,1-2H3/t16-/m1/s1. The summed E-state index contributed by atoms with van der Waals surface area (Å²) in [5.74, 6) is 0.776. The fourth-order valence-corrected chi connectivity index (χ4v) is 2.77. The third-order valence-electron chi connectivity index (χ3n) is 3.94. The minimum atomic E-state index is 0.154. The maximum Gasteiger partial charge on any atom is 0.159 e. The Kier molecular flexibility index (Phi) is 5.33. The lowest BCUT2D eigenvalue weighted by Crippen LogP contribution is -2.38. The summed E-state index contributed by atoms with van der Waals surface area (Å²) in [5.41, 5.74) is 3.37. The second kappa shape index (κ2) is 7.64. The van der Waals surface area contributed by atoms with Crippen molar-refractivity contribution in [2.45, 2.75) is 19.6 Å². The van der Waals surface area contributed by atoms with Gasteiger partial charge in [0.15, 0.2) is 5.82 Å². The quantitative estimate of drug-likeness (QED) is 0.847. The largest absolute Gasteiger partial charge is 0.376 e. The van der Waals surface area contributed by atoms with Gasteiger partial charge in [0.2, 0.25) is 0 Å². The summed E-state index contributed by atoms with van der Waals surface area (Å²) in [7, 11) is 2.08. The Morgan fingerprint density at radius 1 is 1.17 bits per heavy atom. The van der Waals surface area contributed by atoms with Crippen molar-refractivity contribution in [3.05, 3.63) is 47.8 Å². The molecule has 0 saturated carbocycles. The van der Waals surface area contributed by atoms with Gasteiger partial charge in [0, 0.05) is 36.6 Å². The molecule has 1 saturated heterocycles. The van der Waals surface area contributed by atoms with E-state index in [2.05, 4.69) is 41.0 Å². The van der Waals surface area contributed by atoms with Gasteiger partial charge in [-0.2, -0.15) is 0 Å². The Labute approximate surface area is 137 Å². The molecule has 1 atom stereocenters. The van der Waals surface area contributed by atoms with Crippen molar-refractivity contribution >= 4 is 0 Å². The average molecular weight is 313 g/mol. The minimum Gasteiger partial charge on any atom is -0.376 e. The molecular formula is C18H23N3O2. The predicted octanol–water partition coefficient (Wildman–Crippen LogP) is 2.30. The van der Waals surface area contributed by atoms with E-state index < -0.39 is 0 Å². The Hall–Kier alpha value is -1.82. The molecule has 0 N–H and O–H groups in total. The second-order valence-electron chi connectivity index (χ2n) is 5.99. The molecule has 0 bridgehead atoms. The first-order chi connectivity index (χ1) is 11.2. The number of hydrogen-bond donors (Lipinski definition) is 0. The number of aryl methyl sites for hydroxylation is 1. The number of rotatable bonds is 5. The normalized spacial score (nSPS) is 18.3. The fourth-order valence-electron chi connectivity index (χ4n) is 2.77. The fraction of sp³-hybridized carbons (Fsp3) is 0.444. The van der Waals surface area contributed by atoms with Gasteiger partial charge in [-0.1, -0.05) is 24.3 Å². The second-order valence-corrected chi connectivity index (χ2v) is 5.99. The van der Waals surface area contributed by atoms with Crippen LogP contribution in [0.1, 0.15) is 11.1 Å². The molecule has 1 fully saturated rings. The summed E-state index contributed by atoms with van der Waals surface area (Å²) in [5, 5.41) is 0. The predicted molar refractivity (Wildman–Crippen MR) is 89.1 cm³/mol. The van der Waals surface area contributed by atoms with Crippen molar-refractivity contribution in [3.63, 3.8) is 0 Å². The lowest BCUT2D eigenvalue weighted by atomic mass is 10.1. The maximum absolute atomic E-state index is 5.68. The molecule has 1 aliphatic rings. The molecule has 0 spiro atoms. The topological polar surface area (TPSA) is 47.5 Å². The van der Waals surface area contributed by atoms with Crippen LogP contribution in [0.25, 0.3) is 11.4 Å². The Morgan fingerprint density at radius 2 is 1.96 bits per heavy atom. The van der Waals surface area contributed by atoms with Crippen LogP contribution in [0, 0.1) is 6.92 Å². The number of aromatic nitrogens is 2. The molecule has 1 aromatic carbocycles. The van der Waals surface area contributed by atoms with Gasteiger partial charge in [-0.25, -0.2) is 9.97 Å². The molecule has 1 aliphatic heterocycles. The molecule has 0 aliphatic carbocycles. The van der Waals surface area contributed by atoms with Crippen LogP contribution in [-0.4, -0.2) is 54.4 Å². The Balaban J connectivity index is 1.60. The lowest BCUT2D eigenvalue weighted by molar-refractivity contribution is -0.0962. The third-order valence-corrected chi connectivity index (χ3v) is 3.94. The lowest BCUT2D eigenvalue weighted by Gasteiger charge is -2.27. The number of likely N-dealkylation sites (N-methyl/N-ethyl adjacent to an activating group) is 1. The molecular weight excluding hydrogens is 290 g/mol. The van der Waals surface area contributed by atoms with Crippen LogP contribution < -0.4 is 0 Å². The van der Waals surface area contributed by atoms with Crippen LogP contribution in [0.4, 0.5) is 0 Å². The van der Waals surface area contributed by atoms with Crippen molar-refractivity contribution in [1.29, 1.82) is 0 Å². The highest BCUT2D eigenvalue weighted by atomic mass is 16.6. The molecule has 122 valence electrons. The van der Waals surface area contributed by atoms with E-state index in [0.717, 1.165) is 30.0 Å². The van der Waals surface area contributed by atoms with Gasteiger partial charge < -0.3 is 9.47 Å². The van der Waals surface area contributed by atoms with Gasteiger partial charge in [0.1, 0.15) is 0 Å². The van der Waals surface area contributed by atoms with Crippen LogP contribution in [-0.2, 0) is 16.0 Å². The van der Waals surface area contributed by atoms with Crippen molar-refractivity contribution in [3.8, 4) is 11.4 Å². The number of nitrogens with zero attached hydrogens (tertiary/aromatic N) is 3. The van der Waals surface area contributed by atoms with Gasteiger partial charge in [-0.3, -0.25) is 4.90 Å². The van der Waals surface area contributed by atoms with Gasteiger partial charge in [0.25, 0.3) is 0 Å². The Morgan fingerprint density at radius 3 is 2.65 bits per heavy atom. The molecule has 0 radical (unpaired) electrons. The number of benzene rings is 1. The maximum atomic E-state index is 5.68. The summed E-state index contributed by atoms with van der Waals surface area (Å²) >= 11 is 0. The van der Waals surface area contributed by atoms with E-state index in [9.17, 15) is 0 Å². The Bertz CT molecular complexity index is 624. The zero-order chi connectivity index (χ0) is 16.1. The van der Waals surface area contributed by atoms with E-state index in [4.69, 9.17) is 9.47 Å². The molecule has 0 unspecified atom stereocenters. The average Bonchev–Trinajstić information content (AvgIpc) is 2.57. The zero-order valence-corrected chi connectivity index (χ0v) is 13.7. The molecule has 5 heteroatoms. The first kappa shape index (κ1) is 16.1. The van der Waals surface area contributed by atoms with Crippen LogP contribution >= 0.6 is 0 Å². The van der Waals surface area contributed by atoms with Crippen molar-refractivity contribution < 1.29 is 9.47 Å². The van der Waals surface area contributed by atoms with Gasteiger partial charge in [-0.05, 0) is 19.5 Å². The molecule has 0 amide bonds. The van der Waals surface area contributed by atoms with Gasteiger partial charge >= 0.3 is 0 Å². The molecule has 2 aromatic rings. The summed E-state index contributed by atoms with van der Waals surface area (Å²) < 4.78 is 11.1. The summed E-state index contributed by atoms with van der Waals surface area (Å²) in [4.78, 5) is 11.2. The molecule has 3 rings (SSSR count). The van der Waals surface area contributed by atoms with E-state index in [1.807, 2.05) is 24.5 Å². The van der Waals surface area contributed by atoms with E-state index >= 15 is 0 Å². The smallest absolute Gasteiger partial charge is 0.159 e. The summed E-state index contributed by atoms with van der Waals surface area (Å²) in [6.45, 7) is 5.79. The highest BCUT2D eigenvalue weighted by Gasteiger charge is 2.16. The summed E-state index contributed by atoms with van der Waals surface area (Å²) in [6, 6.07) is 8.17. The van der Waals surface area contributed by atoms with Crippen molar-refractivity contribution in [2.75, 3.05) is 33.4 Å². The van der Waals surface area contributed by atoms with Crippen LogP contribution in [0.2, 0.25) is 0 Å². The zero-order valence-electron chi connectivity index (χ0n) is 13.7. The highest BCUT2D eigenvalue weighted by Crippen LogP contribution is 2.18. The van der Waals surface area contributed by atoms with Crippen LogP contribution in [0.5, 0.6) is 0 Å². The van der Waals surface area contributed by atoms with E-state index in [1.54, 1.807) is 0 Å².